The molecule has 11 heteroatoms. The Balaban J connectivity index is 1.68. The predicted molar refractivity (Wildman–Crippen MR) is 149 cm³/mol. The van der Waals surface area contributed by atoms with Crippen molar-refractivity contribution in [1.29, 1.82) is 0 Å². The number of nitrogens with zero attached hydrogens (tertiary/aromatic N) is 5. The number of hydrogen-bond donors (Lipinski definition) is 3. The molecular formula is C26H34N8O2S. The van der Waals surface area contributed by atoms with E-state index in [9.17, 15) is 9.00 Å². The highest BCUT2D eigenvalue weighted by Crippen LogP contribution is 2.28. The number of amides is 1. The lowest BCUT2D eigenvalue weighted by molar-refractivity contribution is 0.0943. The molecule has 0 unspecified atom stereocenters. The molecule has 1 aliphatic heterocycles. The summed E-state index contributed by atoms with van der Waals surface area (Å²) in [6, 6.07) is 9.33. The van der Waals surface area contributed by atoms with Crippen molar-refractivity contribution in [2.45, 2.75) is 39.8 Å². The minimum Gasteiger partial charge on any atom is -0.350 e. The van der Waals surface area contributed by atoms with Crippen molar-refractivity contribution in [3.8, 4) is 0 Å². The van der Waals surface area contributed by atoms with Crippen LogP contribution in [-0.4, -0.2) is 62.1 Å². The Morgan fingerprint density at radius 1 is 1.16 bits per heavy atom. The van der Waals surface area contributed by atoms with Crippen molar-refractivity contribution in [1.82, 2.24) is 25.2 Å². The highest BCUT2D eigenvalue weighted by molar-refractivity contribution is 7.92. The maximum Gasteiger partial charge on any atom is 0.256 e. The fourth-order valence-electron chi connectivity index (χ4n) is 4.20. The average molecular weight is 523 g/mol. The lowest BCUT2D eigenvalue weighted by Crippen LogP contribution is -2.31. The fraction of sp³-hybridized carbons (Fsp3) is 0.385. The summed E-state index contributed by atoms with van der Waals surface area (Å²) in [6.45, 7) is 7.84. The van der Waals surface area contributed by atoms with Crippen molar-refractivity contribution in [2.24, 2.45) is 4.36 Å². The summed E-state index contributed by atoms with van der Waals surface area (Å²) >= 11 is 0. The van der Waals surface area contributed by atoms with Crippen molar-refractivity contribution in [3.05, 3.63) is 58.8 Å². The molecule has 196 valence electrons. The molecule has 3 heterocycles. The third-order valence-electron chi connectivity index (χ3n) is 5.75. The molecule has 3 aromatic rings. The standard InChI is InChI=1S/C26H34N8O2S/c1-16(2)28-25(35)21-14-27-26(29-19-12-17(3)20-10-11-34(4)15-18(20)13-19)32-24(21)31-22-8-7-9-23(30-22)33-37(5,6)36/h7-9,12-14,16H,10-11,15H2,1-6H3,(H,28,35)(H2,27,29,30,31,32). The van der Waals surface area contributed by atoms with Crippen LogP contribution in [0.3, 0.4) is 0 Å². The Kier molecular flexibility index (Phi) is 7.74. The Morgan fingerprint density at radius 2 is 1.95 bits per heavy atom. The third-order valence-corrected chi connectivity index (χ3v) is 6.38. The number of carbonyl (C=O) groups excluding carboxylic acids is 1. The van der Waals surface area contributed by atoms with Gasteiger partial charge in [-0.15, -0.1) is 0 Å². The van der Waals surface area contributed by atoms with Crippen LogP contribution < -0.4 is 16.0 Å². The van der Waals surface area contributed by atoms with Gasteiger partial charge >= 0.3 is 0 Å². The van der Waals surface area contributed by atoms with Crippen molar-refractivity contribution in [2.75, 3.05) is 36.7 Å². The molecule has 1 amide bonds. The van der Waals surface area contributed by atoms with E-state index in [0.29, 0.717) is 23.4 Å². The second-order valence-electron chi connectivity index (χ2n) is 9.91. The van der Waals surface area contributed by atoms with Gasteiger partial charge in [0, 0.05) is 53.3 Å². The van der Waals surface area contributed by atoms with Gasteiger partial charge < -0.3 is 20.9 Å². The van der Waals surface area contributed by atoms with Gasteiger partial charge in [-0.05, 0) is 75.2 Å². The van der Waals surface area contributed by atoms with E-state index in [1.807, 2.05) is 13.8 Å². The predicted octanol–water partition coefficient (Wildman–Crippen LogP) is 4.15. The molecule has 0 fully saturated rings. The number of fused-ring (bicyclic) bond motifs is 1. The number of nitrogens with one attached hydrogen (secondary N) is 3. The van der Waals surface area contributed by atoms with Crippen LogP contribution in [0.15, 0.2) is 40.9 Å². The van der Waals surface area contributed by atoms with Gasteiger partial charge in [0.05, 0.1) is 0 Å². The molecule has 0 aliphatic carbocycles. The summed E-state index contributed by atoms with van der Waals surface area (Å²) < 4.78 is 16.3. The first-order chi connectivity index (χ1) is 17.5. The first-order valence-electron chi connectivity index (χ1n) is 12.1. The zero-order valence-corrected chi connectivity index (χ0v) is 22.9. The molecular weight excluding hydrogens is 488 g/mol. The van der Waals surface area contributed by atoms with E-state index in [2.05, 4.69) is 66.3 Å². The summed E-state index contributed by atoms with van der Waals surface area (Å²) in [4.78, 5) is 28.7. The number of aryl methyl sites for hydroxylation is 1. The average Bonchev–Trinajstić information content (AvgIpc) is 2.77. The molecule has 1 aromatic carbocycles. The number of aromatic nitrogens is 3. The topological polar surface area (TPSA) is 124 Å². The van der Waals surface area contributed by atoms with Crippen molar-refractivity contribution >= 4 is 44.7 Å². The summed E-state index contributed by atoms with van der Waals surface area (Å²) in [5, 5.41) is 9.30. The zero-order valence-electron chi connectivity index (χ0n) is 22.1. The zero-order chi connectivity index (χ0) is 26.7. The quantitative estimate of drug-likeness (QED) is 0.423. The monoisotopic (exact) mass is 522 g/mol. The second-order valence-corrected chi connectivity index (χ2v) is 12.5. The molecule has 0 saturated heterocycles. The molecule has 0 saturated carbocycles. The lowest BCUT2D eigenvalue weighted by Gasteiger charge is -2.27. The maximum atomic E-state index is 12.9. The van der Waals surface area contributed by atoms with Gasteiger partial charge in [0.2, 0.25) is 5.95 Å². The van der Waals surface area contributed by atoms with E-state index in [4.69, 9.17) is 0 Å². The molecule has 0 atom stereocenters. The minimum atomic E-state index is -2.37. The highest BCUT2D eigenvalue weighted by atomic mass is 32.2. The molecule has 0 bridgehead atoms. The number of pyridine rings is 1. The van der Waals surface area contributed by atoms with Crippen LogP contribution >= 0.6 is 0 Å². The maximum absolute atomic E-state index is 12.9. The molecule has 2 aromatic heterocycles. The molecule has 4 rings (SSSR count). The number of benzene rings is 1. The molecule has 1 aliphatic rings. The van der Waals surface area contributed by atoms with Gasteiger partial charge in [0.25, 0.3) is 5.91 Å². The Hall–Kier alpha value is -3.57. The number of hydrogen-bond acceptors (Lipinski definition) is 9. The second kappa shape index (κ2) is 10.8. The van der Waals surface area contributed by atoms with E-state index in [1.165, 1.54) is 22.9 Å². The van der Waals surface area contributed by atoms with Gasteiger partial charge in [0.1, 0.15) is 17.2 Å². The van der Waals surface area contributed by atoms with E-state index in [-0.39, 0.29) is 17.5 Å². The van der Waals surface area contributed by atoms with Gasteiger partial charge in [-0.2, -0.15) is 9.35 Å². The molecule has 0 radical (unpaired) electrons. The SMILES string of the molecule is Cc1cc(Nc2ncc(C(=O)NC(C)C)c(Nc3cccc(N=S(C)(C)=O)n3)n2)cc2c1CCN(C)C2. The number of anilines is 4. The Morgan fingerprint density at radius 3 is 2.68 bits per heavy atom. The molecule has 0 spiro atoms. The van der Waals surface area contributed by atoms with Crippen molar-refractivity contribution < 1.29 is 9.00 Å². The van der Waals surface area contributed by atoms with E-state index < -0.39 is 9.73 Å². The van der Waals surface area contributed by atoms with Crippen LogP contribution in [-0.2, 0) is 22.7 Å². The molecule has 10 nitrogen and oxygen atoms in total. The van der Waals surface area contributed by atoms with Crippen LogP contribution in [0.5, 0.6) is 0 Å². The molecule has 3 N–H and O–H groups in total. The van der Waals surface area contributed by atoms with Gasteiger partial charge in [-0.25, -0.2) is 14.2 Å². The first kappa shape index (κ1) is 26.5. The van der Waals surface area contributed by atoms with E-state index in [0.717, 1.165) is 25.2 Å². The highest BCUT2D eigenvalue weighted by Gasteiger charge is 2.19. The lowest BCUT2D eigenvalue weighted by atomic mass is 9.94. The van der Waals surface area contributed by atoms with Gasteiger partial charge in [0.15, 0.2) is 5.82 Å². The normalized spacial score (nSPS) is 13.7. The summed E-state index contributed by atoms with van der Waals surface area (Å²) in [7, 11) is -0.254. The Bertz CT molecular complexity index is 1440. The largest absolute Gasteiger partial charge is 0.350 e. The van der Waals surface area contributed by atoms with Gasteiger partial charge in [-0.1, -0.05) is 6.07 Å². The van der Waals surface area contributed by atoms with Crippen LogP contribution in [0.2, 0.25) is 0 Å². The molecule has 37 heavy (non-hydrogen) atoms. The van der Waals surface area contributed by atoms with E-state index >= 15 is 0 Å². The van der Waals surface area contributed by atoms with Crippen LogP contribution in [0.1, 0.15) is 40.9 Å². The fourth-order valence-corrected chi connectivity index (χ4v) is 4.75. The first-order valence-corrected chi connectivity index (χ1v) is 14.5. The number of carbonyl (C=O) groups is 1. The number of rotatable bonds is 7. The third kappa shape index (κ3) is 7.01. The van der Waals surface area contributed by atoms with Gasteiger partial charge in [-0.3, -0.25) is 4.79 Å². The minimum absolute atomic E-state index is 0.0581. The van der Waals surface area contributed by atoms with Crippen molar-refractivity contribution in [3.63, 3.8) is 0 Å². The smallest absolute Gasteiger partial charge is 0.256 e. The van der Waals surface area contributed by atoms with Crippen LogP contribution in [0.25, 0.3) is 0 Å². The summed E-state index contributed by atoms with van der Waals surface area (Å²) in [5.74, 6) is 1.08. The van der Waals surface area contributed by atoms with Crippen LogP contribution in [0.4, 0.5) is 29.1 Å². The summed E-state index contributed by atoms with van der Waals surface area (Å²) in [5.41, 5.74) is 5.08. The van der Waals surface area contributed by atoms with Crippen LogP contribution in [0, 0.1) is 6.92 Å². The summed E-state index contributed by atoms with van der Waals surface area (Å²) in [6.07, 6.45) is 5.62. The Labute approximate surface area is 218 Å². The number of likely N-dealkylation sites (N-methyl/N-ethyl adjacent to an activating group) is 1. The van der Waals surface area contributed by atoms with E-state index in [1.54, 1.807) is 30.7 Å².